The van der Waals surface area contributed by atoms with Crippen molar-refractivity contribution in [2.45, 2.75) is 25.8 Å². The predicted molar refractivity (Wildman–Crippen MR) is 86.1 cm³/mol. The van der Waals surface area contributed by atoms with Crippen molar-refractivity contribution in [3.8, 4) is 17.2 Å². The van der Waals surface area contributed by atoms with Gasteiger partial charge in [-0.1, -0.05) is 15.9 Å². The fourth-order valence-electron chi connectivity index (χ4n) is 1.88. The lowest BCUT2D eigenvalue weighted by Gasteiger charge is -2.26. The zero-order valence-corrected chi connectivity index (χ0v) is 14.7. The fourth-order valence-corrected chi connectivity index (χ4v) is 2.87. The minimum Gasteiger partial charge on any atom is -0.496 e. The molecule has 1 N–H and O–H groups in total. The van der Waals surface area contributed by atoms with Crippen LogP contribution in [0, 0.1) is 0 Å². The van der Waals surface area contributed by atoms with Crippen LogP contribution in [0.1, 0.15) is 30.6 Å². The number of hydrogen-bond donors (Lipinski definition) is 1. The molecule has 21 heavy (non-hydrogen) atoms. The van der Waals surface area contributed by atoms with Crippen LogP contribution in [0.4, 0.5) is 0 Å². The molecule has 0 fully saturated rings. The molecule has 1 amide bonds. The molecule has 118 valence electrons. The van der Waals surface area contributed by atoms with Gasteiger partial charge in [0.25, 0.3) is 5.91 Å². The third-order valence-corrected chi connectivity index (χ3v) is 3.52. The number of hydrogen-bond acceptors (Lipinski definition) is 4. The van der Waals surface area contributed by atoms with Crippen molar-refractivity contribution in [1.82, 2.24) is 5.32 Å². The maximum Gasteiger partial charge on any atom is 0.255 e. The van der Waals surface area contributed by atoms with E-state index >= 15 is 0 Å². The molecule has 0 heterocycles. The fraction of sp³-hybridized carbons (Fsp3) is 0.533. The minimum absolute atomic E-state index is 0.209. The van der Waals surface area contributed by atoms with Crippen LogP contribution in [0.3, 0.4) is 0 Å². The van der Waals surface area contributed by atoms with Crippen LogP contribution in [0.15, 0.2) is 12.1 Å². The summed E-state index contributed by atoms with van der Waals surface area (Å²) in [4.78, 5) is 12.5. The SMILES string of the molecule is COc1cc(OC)c(C(=O)NC(C)(C)CCBr)cc1OC. The highest BCUT2D eigenvalue weighted by molar-refractivity contribution is 9.09. The Morgan fingerprint density at radius 3 is 2.10 bits per heavy atom. The maximum atomic E-state index is 12.5. The van der Waals surface area contributed by atoms with E-state index in [-0.39, 0.29) is 11.4 Å². The van der Waals surface area contributed by atoms with E-state index in [9.17, 15) is 4.79 Å². The van der Waals surface area contributed by atoms with E-state index in [1.54, 1.807) is 12.1 Å². The zero-order valence-electron chi connectivity index (χ0n) is 13.1. The summed E-state index contributed by atoms with van der Waals surface area (Å²) >= 11 is 3.39. The Kier molecular flexibility index (Phi) is 6.33. The highest BCUT2D eigenvalue weighted by Gasteiger charge is 2.24. The first-order valence-electron chi connectivity index (χ1n) is 6.57. The summed E-state index contributed by atoms with van der Waals surface area (Å²) in [6.07, 6.45) is 0.814. The monoisotopic (exact) mass is 359 g/mol. The summed E-state index contributed by atoms with van der Waals surface area (Å²) in [5, 5.41) is 3.80. The average molecular weight is 360 g/mol. The second-order valence-corrected chi connectivity index (χ2v) is 5.98. The Morgan fingerprint density at radius 2 is 1.62 bits per heavy atom. The van der Waals surface area contributed by atoms with Gasteiger partial charge in [0, 0.05) is 23.0 Å². The number of nitrogens with one attached hydrogen (secondary N) is 1. The lowest BCUT2D eigenvalue weighted by molar-refractivity contribution is 0.0908. The molecular formula is C15H22BrNO4. The van der Waals surface area contributed by atoms with Crippen LogP contribution in [-0.2, 0) is 0 Å². The number of carbonyl (C=O) groups is 1. The molecule has 0 aliphatic heterocycles. The smallest absolute Gasteiger partial charge is 0.255 e. The van der Waals surface area contributed by atoms with E-state index in [0.717, 1.165) is 11.8 Å². The van der Waals surface area contributed by atoms with Gasteiger partial charge in [0.15, 0.2) is 11.5 Å². The van der Waals surface area contributed by atoms with Gasteiger partial charge in [0.2, 0.25) is 0 Å². The molecular weight excluding hydrogens is 338 g/mol. The molecule has 0 bridgehead atoms. The zero-order chi connectivity index (χ0) is 16.0. The number of alkyl halides is 1. The first-order valence-corrected chi connectivity index (χ1v) is 7.69. The summed E-state index contributed by atoms with van der Waals surface area (Å²) in [6, 6.07) is 3.27. The second-order valence-electron chi connectivity index (χ2n) is 5.18. The van der Waals surface area contributed by atoms with Crippen molar-refractivity contribution >= 4 is 21.8 Å². The first-order chi connectivity index (χ1) is 9.88. The lowest BCUT2D eigenvalue weighted by Crippen LogP contribution is -2.43. The molecule has 1 aromatic rings. The molecule has 6 heteroatoms. The quantitative estimate of drug-likeness (QED) is 0.760. The molecule has 0 unspecified atom stereocenters. The van der Waals surface area contributed by atoms with Crippen molar-refractivity contribution in [3.63, 3.8) is 0 Å². The van der Waals surface area contributed by atoms with Crippen molar-refractivity contribution in [2.75, 3.05) is 26.7 Å². The molecule has 1 rings (SSSR count). The van der Waals surface area contributed by atoms with E-state index in [0.29, 0.717) is 22.8 Å². The highest BCUT2D eigenvalue weighted by Crippen LogP contribution is 2.34. The molecule has 0 aliphatic rings. The molecule has 0 saturated carbocycles. The number of carbonyl (C=O) groups excluding carboxylic acids is 1. The van der Waals surface area contributed by atoms with E-state index in [2.05, 4.69) is 21.2 Å². The number of methoxy groups -OCH3 is 3. The largest absolute Gasteiger partial charge is 0.496 e. The Labute approximate surface area is 134 Å². The third kappa shape index (κ3) is 4.52. The summed E-state index contributed by atoms with van der Waals surface area (Å²) in [7, 11) is 4.58. The predicted octanol–water partition coefficient (Wildman–Crippen LogP) is 3.01. The van der Waals surface area contributed by atoms with Crippen molar-refractivity contribution in [1.29, 1.82) is 0 Å². The average Bonchev–Trinajstić information content (AvgIpc) is 2.44. The van der Waals surface area contributed by atoms with E-state index in [4.69, 9.17) is 14.2 Å². The molecule has 5 nitrogen and oxygen atoms in total. The van der Waals surface area contributed by atoms with Gasteiger partial charge in [0.05, 0.1) is 26.9 Å². The van der Waals surface area contributed by atoms with Gasteiger partial charge in [-0.25, -0.2) is 0 Å². The molecule has 0 radical (unpaired) electrons. The number of benzene rings is 1. The number of rotatable bonds is 7. The molecule has 0 aromatic heterocycles. The third-order valence-electron chi connectivity index (χ3n) is 3.12. The summed E-state index contributed by atoms with van der Waals surface area (Å²) in [6.45, 7) is 3.94. The number of halogens is 1. The molecule has 0 atom stereocenters. The molecule has 0 aliphatic carbocycles. The van der Waals surface area contributed by atoms with E-state index < -0.39 is 0 Å². The van der Waals surface area contributed by atoms with Gasteiger partial charge in [-0.05, 0) is 20.3 Å². The van der Waals surface area contributed by atoms with E-state index in [1.165, 1.54) is 21.3 Å². The molecule has 1 aromatic carbocycles. The lowest BCUT2D eigenvalue weighted by atomic mass is 10.0. The minimum atomic E-state index is -0.321. The van der Waals surface area contributed by atoms with Gasteiger partial charge in [0.1, 0.15) is 5.75 Å². The number of ether oxygens (including phenoxy) is 3. The van der Waals surface area contributed by atoms with Gasteiger partial charge in [-0.3, -0.25) is 4.79 Å². The van der Waals surface area contributed by atoms with Crippen LogP contribution in [0.2, 0.25) is 0 Å². The number of amides is 1. The maximum absolute atomic E-state index is 12.5. The van der Waals surface area contributed by atoms with Crippen molar-refractivity contribution in [2.24, 2.45) is 0 Å². The Morgan fingerprint density at radius 1 is 1.10 bits per heavy atom. The van der Waals surface area contributed by atoms with Crippen LogP contribution in [0.25, 0.3) is 0 Å². The van der Waals surface area contributed by atoms with Gasteiger partial charge in [-0.15, -0.1) is 0 Å². The second kappa shape index (κ2) is 7.54. The normalized spacial score (nSPS) is 11.0. The van der Waals surface area contributed by atoms with Crippen molar-refractivity contribution in [3.05, 3.63) is 17.7 Å². The van der Waals surface area contributed by atoms with Gasteiger partial charge in [-0.2, -0.15) is 0 Å². The standard InChI is InChI=1S/C15H22BrNO4/c1-15(2,6-7-16)17-14(18)10-8-12(20-4)13(21-5)9-11(10)19-3/h8-9H,6-7H2,1-5H3,(H,17,18). The Bertz CT molecular complexity index is 503. The van der Waals surface area contributed by atoms with Gasteiger partial charge >= 0.3 is 0 Å². The highest BCUT2D eigenvalue weighted by atomic mass is 79.9. The van der Waals surface area contributed by atoms with Crippen LogP contribution in [0.5, 0.6) is 17.2 Å². The summed E-state index contributed by atoms with van der Waals surface area (Å²) in [5.41, 5.74) is 0.0940. The van der Waals surface area contributed by atoms with E-state index in [1.807, 2.05) is 13.8 Å². The van der Waals surface area contributed by atoms with Gasteiger partial charge < -0.3 is 19.5 Å². The topological polar surface area (TPSA) is 56.8 Å². The summed E-state index contributed by atoms with van der Waals surface area (Å²) < 4.78 is 15.7. The molecule has 0 saturated heterocycles. The molecule has 0 spiro atoms. The van der Waals surface area contributed by atoms with Crippen molar-refractivity contribution < 1.29 is 19.0 Å². The van der Waals surface area contributed by atoms with Crippen LogP contribution in [-0.4, -0.2) is 38.1 Å². The summed E-state index contributed by atoms with van der Waals surface area (Å²) in [5.74, 6) is 1.24. The van der Waals surface area contributed by atoms with Crippen LogP contribution < -0.4 is 19.5 Å². The first kappa shape index (κ1) is 17.6. The Balaban J connectivity index is 3.13. The van der Waals surface area contributed by atoms with Crippen LogP contribution >= 0.6 is 15.9 Å². The Hall–Kier alpha value is -1.43.